The van der Waals surface area contributed by atoms with Crippen molar-refractivity contribution in [1.82, 2.24) is 20.6 Å². The molecule has 0 radical (unpaired) electrons. The van der Waals surface area contributed by atoms with E-state index < -0.39 is 24.3 Å². The molecule has 2 heterocycles. The minimum Gasteiger partial charge on any atom is -0.490 e. The number of esters is 1. The van der Waals surface area contributed by atoms with Crippen LogP contribution in [0.1, 0.15) is 49.3 Å². The van der Waals surface area contributed by atoms with Gasteiger partial charge in [-0.15, -0.1) is 0 Å². The van der Waals surface area contributed by atoms with Gasteiger partial charge in [-0.05, 0) is 75.7 Å². The van der Waals surface area contributed by atoms with Crippen molar-refractivity contribution in [3.63, 3.8) is 0 Å². The zero-order valence-electron chi connectivity index (χ0n) is 26.1. The molecule has 2 aromatic carbocycles. The Morgan fingerprint density at radius 3 is 2.49 bits per heavy atom. The van der Waals surface area contributed by atoms with Crippen LogP contribution < -0.4 is 30.8 Å². The Balaban J connectivity index is 1.41. The maximum atomic E-state index is 12.5. The second-order valence-electron chi connectivity index (χ2n) is 10.3. The molecular weight excluding hydrogens is 580 g/mol. The summed E-state index contributed by atoms with van der Waals surface area (Å²) in [7, 11) is 1.28. The number of carbonyl (C=O) groups excluding carboxylic acids is 3. The smallest absolute Gasteiger partial charge is 0.337 e. The predicted octanol–water partition coefficient (Wildman–Crippen LogP) is 3.57. The lowest BCUT2D eigenvalue weighted by atomic mass is 9.95. The fourth-order valence-corrected chi connectivity index (χ4v) is 5.03. The van der Waals surface area contributed by atoms with E-state index in [1.165, 1.54) is 14.0 Å². The van der Waals surface area contributed by atoms with E-state index >= 15 is 0 Å². The number of urea groups is 1. The summed E-state index contributed by atoms with van der Waals surface area (Å²) >= 11 is 0. The minimum absolute atomic E-state index is 0.130. The highest BCUT2D eigenvalue weighted by atomic mass is 16.5. The molecule has 0 saturated carbocycles. The van der Waals surface area contributed by atoms with Crippen LogP contribution in [0.2, 0.25) is 0 Å². The summed E-state index contributed by atoms with van der Waals surface area (Å²) in [6.07, 6.45) is 0.482. The van der Waals surface area contributed by atoms with E-state index in [0.29, 0.717) is 29.4 Å². The first-order chi connectivity index (χ1) is 21.5. The van der Waals surface area contributed by atoms with Crippen LogP contribution in [0, 0.1) is 13.8 Å². The molecule has 13 nitrogen and oxygen atoms in total. The zero-order valence-corrected chi connectivity index (χ0v) is 26.1. The molecule has 0 spiro atoms. The molecule has 0 saturated heterocycles. The van der Waals surface area contributed by atoms with Crippen molar-refractivity contribution in [2.24, 2.45) is 5.10 Å². The molecule has 45 heavy (non-hydrogen) atoms. The van der Waals surface area contributed by atoms with Gasteiger partial charge >= 0.3 is 12.0 Å². The molecule has 0 unspecified atom stereocenters. The number of hydrazone groups is 1. The van der Waals surface area contributed by atoms with Crippen LogP contribution in [0.15, 0.2) is 64.9 Å². The molecule has 5 N–H and O–H groups in total. The summed E-state index contributed by atoms with van der Waals surface area (Å²) in [6.45, 7) is 9.05. The molecule has 1 aliphatic rings. The van der Waals surface area contributed by atoms with Gasteiger partial charge in [0.15, 0.2) is 17.7 Å². The Kier molecular flexibility index (Phi) is 10.5. The molecule has 238 valence electrons. The number of aliphatic hydroxyl groups is 1. The Labute approximate surface area is 261 Å². The molecule has 3 amide bonds. The predicted molar refractivity (Wildman–Crippen MR) is 169 cm³/mol. The number of anilines is 1. The number of methoxy groups -OCH3 is 1. The summed E-state index contributed by atoms with van der Waals surface area (Å²) < 4.78 is 18.6. The number of rotatable bonds is 12. The minimum atomic E-state index is -1.14. The van der Waals surface area contributed by atoms with Crippen LogP contribution >= 0.6 is 0 Å². The van der Waals surface area contributed by atoms with E-state index in [4.69, 9.17) is 14.2 Å². The van der Waals surface area contributed by atoms with Gasteiger partial charge in [0.1, 0.15) is 6.61 Å². The number of aryl methyl sites for hydroxylation is 1. The molecule has 0 aliphatic carbocycles. The fraction of sp³-hybridized carbons (Fsp3) is 0.312. The van der Waals surface area contributed by atoms with Gasteiger partial charge in [-0.25, -0.2) is 9.59 Å². The average Bonchev–Trinajstić information content (AvgIpc) is 3.28. The van der Waals surface area contributed by atoms with Gasteiger partial charge in [0.05, 0.1) is 31.5 Å². The maximum Gasteiger partial charge on any atom is 0.337 e. The normalized spacial score (nSPS) is 15.3. The Hall–Kier alpha value is -5.30. The van der Waals surface area contributed by atoms with Crippen LogP contribution in [-0.4, -0.2) is 60.3 Å². The topological polar surface area (TPSA) is 165 Å². The highest BCUT2D eigenvalue weighted by Gasteiger charge is 2.32. The summed E-state index contributed by atoms with van der Waals surface area (Å²) in [5.41, 5.74) is 8.37. The first-order valence-corrected chi connectivity index (χ1v) is 14.3. The molecule has 1 aliphatic heterocycles. The number of hydrogen-bond donors (Lipinski definition) is 5. The van der Waals surface area contributed by atoms with Gasteiger partial charge in [0, 0.05) is 40.9 Å². The molecule has 2 atom stereocenters. The number of ether oxygens (including phenoxy) is 3. The van der Waals surface area contributed by atoms with Gasteiger partial charge in [-0.1, -0.05) is 6.07 Å². The van der Waals surface area contributed by atoms with Gasteiger partial charge < -0.3 is 39.8 Å². The van der Waals surface area contributed by atoms with E-state index in [-0.39, 0.29) is 18.1 Å². The van der Waals surface area contributed by atoms with Gasteiger partial charge in [0.25, 0.3) is 0 Å². The van der Waals surface area contributed by atoms with Crippen LogP contribution in [0.5, 0.6) is 11.5 Å². The Morgan fingerprint density at radius 1 is 1.09 bits per heavy atom. The molecule has 3 aromatic rings. The number of aliphatic hydroxyl groups excluding tert-OH is 1. The monoisotopic (exact) mass is 618 g/mol. The molecule has 4 rings (SSSR count). The largest absolute Gasteiger partial charge is 0.490 e. The first kappa shape index (κ1) is 32.6. The summed E-state index contributed by atoms with van der Waals surface area (Å²) in [6, 6.07) is 13.3. The molecule has 0 fully saturated rings. The van der Waals surface area contributed by atoms with Crippen molar-refractivity contribution >= 4 is 29.8 Å². The highest BCUT2D eigenvalue weighted by Crippen LogP contribution is 2.35. The van der Waals surface area contributed by atoms with E-state index in [0.717, 1.165) is 28.3 Å². The van der Waals surface area contributed by atoms with Gasteiger partial charge in [0.2, 0.25) is 5.91 Å². The number of allylic oxidation sites excluding steroid dienone is 1. The van der Waals surface area contributed by atoms with Crippen LogP contribution in [0.4, 0.5) is 10.5 Å². The third kappa shape index (κ3) is 7.81. The quantitative estimate of drug-likeness (QED) is 0.0890. The molecule has 0 bridgehead atoms. The number of aromatic nitrogens is 1. The molecular formula is C32H38N6O7. The van der Waals surface area contributed by atoms with E-state index in [9.17, 15) is 19.5 Å². The van der Waals surface area contributed by atoms with Crippen LogP contribution in [0.3, 0.4) is 0 Å². The van der Waals surface area contributed by atoms with Crippen molar-refractivity contribution in [1.29, 1.82) is 0 Å². The second-order valence-corrected chi connectivity index (χ2v) is 10.3. The second kappa shape index (κ2) is 14.4. The van der Waals surface area contributed by atoms with Crippen LogP contribution in [-0.2, 0) is 14.3 Å². The Morgan fingerprint density at radius 2 is 1.82 bits per heavy atom. The van der Waals surface area contributed by atoms with Crippen molar-refractivity contribution in [2.75, 3.05) is 25.6 Å². The lowest BCUT2D eigenvalue weighted by Gasteiger charge is -2.28. The lowest BCUT2D eigenvalue weighted by Crippen LogP contribution is -2.45. The number of benzene rings is 2. The van der Waals surface area contributed by atoms with Crippen molar-refractivity contribution in [3.8, 4) is 17.2 Å². The number of amides is 3. The Bertz CT molecular complexity index is 1630. The van der Waals surface area contributed by atoms with Crippen molar-refractivity contribution in [3.05, 3.63) is 82.3 Å². The van der Waals surface area contributed by atoms with Crippen molar-refractivity contribution in [2.45, 2.75) is 46.9 Å². The summed E-state index contributed by atoms with van der Waals surface area (Å²) in [4.78, 5) is 35.9. The van der Waals surface area contributed by atoms with Gasteiger partial charge in [-0.2, -0.15) is 5.10 Å². The average molecular weight is 619 g/mol. The highest BCUT2D eigenvalue weighted by molar-refractivity contribution is 5.95. The summed E-state index contributed by atoms with van der Waals surface area (Å²) in [5, 5.41) is 22.8. The van der Waals surface area contributed by atoms with E-state index in [1.54, 1.807) is 31.3 Å². The molecule has 13 heteroatoms. The van der Waals surface area contributed by atoms with Crippen molar-refractivity contribution < 1.29 is 33.7 Å². The number of hydrogen-bond acceptors (Lipinski definition) is 9. The SMILES string of the molecule is CCOc1cc([C@@H]2NC(=O)NC(C)=C2C(=O)OC)ccc1OC[C@H](O)N/N=C\c1cc(C)n(-c2ccc(NC(C)=O)cc2)c1C. The van der Waals surface area contributed by atoms with E-state index in [2.05, 4.69) is 31.0 Å². The lowest BCUT2D eigenvalue weighted by molar-refractivity contribution is -0.136. The maximum absolute atomic E-state index is 12.5. The van der Waals surface area contributed by atoms with E-state index in [1.807, 2.05) is 51.1 Å². The first-order valence-electron chi connectivity index (χ1n) is 14.3. The molecule has 1 aromatic heterocycles. The number of carbonyl (C=O) groups is 3. The third-order valence-electron chi connectivity index (χ3n) is 7.02. The van der Waals surface area contributed by atoms with Gasteiger partial charge in [-0.3, -0.25) is 10.2 Å². The number of nitrogens with zero attached hydrogens (tertiary/aromatic N) is 2. The standard InChI is InChI=1S/C32H38N6O7/c1-7-44-27-15-22(30-29(31(41)43-6)19(3)34-32(42)36-30)8-13-26(27)45-17-28(40)37-33-16-23-14-18(2)38(20(23)4)25-11-9-24(10-12-25)35-21(5)39/h8-16,28,30,37,40H,7,17H2,1-6H3,(H,35,39)(H2,34,36,42)/b33-16-/t28-,30-/m0/s1. The fourth-order valence-electron chi connectivity index (χ4n) is 5.03. The number of nitrogens with one attached hydrogen (secondary N) is 4. The van der Waals surface area contributed by atoms with Crippen LogP contribution in [0.25, 0.3) is 5.69 Å². The zero-order chi connectivity index (χ0) is 32.7. The third-order valence-corrected chi connectivity index (χ3v) is 7.02. The summed E-state index contributed by atoms with van der Waals surface area (Å²) in [5.74, 6) is 0.0313.